The molecular weight excluding hydrogens is 290 g/mol. The average Bonchev–Trinajstić information content (AvgIpc) is 2.62. The van der Waals surface area contributed by atoms with E-state index >= 15 is 0 Å². The first-order valence-electron chi connectivity index (χ1n) is 8.15. The van der Waals surface area contributed by atoms with Crippen LogP contribution in [0.1, 0.15) is 37.7 Å². The van der Waals surface area contributed by atoms with Gasteiger partial charge in [0.05, 0.1) is 12.1 Å². The SMILES string of the molecule is O=C(OCc1ccccc1Oc1cccnc1)C1CCCCC1. The predicted molar refractivity (Wildman–Crippen MR) is 87.1 cm³/mol. The molecule has 0 spiro atoms. The summed E-state index contributed by atoms with van der Waals surface area (Å²) in [5.41, 5.74) is 0.862. The van der Waals surface area contributed by atoms with Gasteiger partial charge in [0, 0.05) is 11.8 Å². The Morgan fingerprint density at radius 2 is 1.91 bits per heavy atom. The first kappa shape index (κ1) is 15.5. The Morgan fingerprint density at radius 1 is 1.09 bits per heavy atom. The van der Waals surface area contributed by atoms with Crippen molar-refractivity contribution < 1.29 is 14.3 Å². The van der Waals surface area contributed by atoms with Crippen molar-refractivity contribution in [2.75, 3.05) is 0 Å². The smallest absolute Gasteiger partial charge is 0.309 e. The van der Waals surface area contributed by atoms with Gasteiger partial charge in [-0.2, -0.15) is 0 Å². The van der Waals surface area contributed by atoms with Crippen LogP contribution in [0.2, 0.25) is 0 Å². The largest absolute Gasteiger partial charge is 0.460 e. The van der Waals surface area contributed by atoms with Crippen molar-refractivity contribution in [3.05, 3.63) is 54.4 Å². The fraction of sp³-hybridized carbons (Fsp3) is 0.368. The van der Waals surface area contributed by atoms with Crippen LogP contribution < -0.4 is 4.74 Å². The van der Waals surface area contributed by atoms with Gasteiger partial charge in [-0.3, -0.25) is 9.78 Å². The van der Waals surface area contributed by atoms with E-state index in [1.807, 2.05) is 36.4 Å². The summed E-state index contributed by atoms with van der Waals surface area (Å²) in [6.07, 6.45) is 8.74. The highest BCUT2D eigenvalue weighted by molar-refractivity contribution is 5.72. The second kappa shape index (κ2) is 7.77. The summed E-state index contributed by atoms with van der Waals surface area (Å²) in [5.74, 6) is 1.34. The fourth-order valence-electron chi connectivity index (χ4n) is 2.86. The van der Waals surface area contributed by atoms with E-state index in [9.17, 15) is 4.79 Å². The molecule has 1 aromatic heterocycles. The molecule has 1 aromatic carbocycles. The van der Waals surface area contributed by atoms with Crippen molar-refractivity contribution in [1.29, 1.82) is 0 Å². The molecule has 120 valence electrons. The number of pyridine rings is 1. The summed E-state index contributed by atoms with van der Waals surface area (Å²) < 4.78 is 11.3. The maximum Gasteiger partial charge on any atom is 0.309 e. The summed E-state index contributed by atoms with van der Waals surface area (Å²) in [6.45, 7) is 0.242. The van der Waals surface area contributed by atoms with Crippen LogP contribution in [0, 0.1) is 5.92 Å². The molecule has 1 saturated carbocycles. The van der Waals surface area contributed by atoms with Crippen LogP contribution in [0.4, 0.5) is 0 Å². The number of carbonyl (C=O) groups is 1. The predicted octanol–water partition coefficient (Wildman–Crippen LogP) is 4.50. The molecule has 0 bridgehead atoms. The molecule has 0 unspecified atom stereocenters. The molecular formula is C19H21NO3. The monoisotopic (exact) mass is 311 g/mol. The Morgan fingerprint density at radius 3 is 2.70 bits per heavy atom. The van der Waals surface area contributed by atoms with Gasteiger partial charge in [0.1, 0.15) is 18.1 Å². The molecule has 4 nitrogen and oxygen atoms in total. The fourth-order valence-corrected chi connectivity index (χ4v) is 2.86. The minimum absolute atomic E-state index is 0.0650. The molecule has 23 heavy (non-hydrogen) atoms. The van der Waals surface area contributed by atoms with Crippen molar-refractivity contribution in [3.8, 4) is 11.5 Å². The summed E-state index contributed by atoms with van der Waals surface area (Å²) in [7, 11) is 0. The number of para-hydroxylation sites is 1. The third-order valence-corrected chi connectivity index (χ3v) is 4.14. The third kappa shape index (κ3) is 4.31. The zero-order chi connectivity index (χ0) is 15.9. The van der Waals surface area contributed by atoms with E-state index in [0.29, 0.717) is 11.5 Å². The third-order valence-electron chi connectivity index (χ3n) is 4.14. The first-order chi connectivity index (χ1) is 11.3. The molecule has 4 heteroatoms. The van der Waals surface area contributed by atoms with Crippen LogP contribution in [0.15, 0.2) is 48.8 Å². The molecule has 1 heterocycles. The second-order valence-corrected chi connectivity index (χ2v) is 5.84. The van der Waals surface area contributed by atoms with Crippen LogP contribution in [0.25, 0.3) is 0 Å². The highest BCUT2D eigenvalue weighted by Crippen LogP contribution is 2.27. The number of hydrogen-bond donors (Lipinski definition) is 0. The lowest BCUT2D eigenvalue weighted by Gasteiger charge is -2.20. The molecule has 1 fully saturated rings. The number of esters is 1. The lowest BCUT2D eigenvalue weighted by molar-refractivity contribution is -0.151. The molecule has 0 saturated heterocycles. The molecule has 0 atom stereocenters. The molecule has 0 radical (unpaired) electrons. The van der Waals surface area contributed by atoms with Crippen LogP contribution >= 0.6 is 0 Å². The van der Waals surface area contributed by atoms with Crippen molar-refractivity contribution >= 4 is 5.97 Å². The molecule has 3 rings (SSSR count). The van der Waals surface area contributed by atoms with Gasteiger partial charge >= 0.3 is 5.97 Å². The molecule has 0 amide bonds. The topological polar surface area (TPSA) is 48.4 Å². The highest BCUT2D eigenvalue weighted by Gasteiger charge is 2.22. The van der Waals surface area contributed by atoms with Crippen molar-refractivity contribution in [2.45, 2.75) is 38.7 Å². The molecule has 0 N–H and O–H groups in total. The zero-order valence-electron chi connectivity index (χ0n) is 13.1. The molecule has 1 aliphatic carbocycles. The minimum Gasteiger partial charge on any atom is -0.460 e. The van der Waals surface area contributed by atoms with E-state index in [0.717, 1.165) is 31.2 Å². The van der Waals surface area contributed by atoms with E-state index < -0.39 is 0 Å². The summed E-state index contributed by atoms with van der Waals surface area (Å²) >= 11 is 0. The van der Waals surface area contributed by atoms with E-state index in [1.165, 1.54) is 6.42 Å². The number of carbonyl (C=O) groups excluding carboxylic acids is 1. The number of hydrogen-bond acceptors (Lipinski definition) is 4. The first-order valence-corrected chi connectivity index (χ1v) is 8.15. The van der Waals surface area contributed by atoms with Crippen molar-refractivity contribution in [2.24, 2.45) is 5.92 Å². The lowest BCUT2D eigenvalue weighted by atomic mass is 9.89. The summed E-state index contributed by atoms with van der Waals surface area (Å²) in [4.78, 5) is 16.2. The Bertz CT molecular complexity index is 636. The van der Waals surface area contributed by atoms with E-state index in [-0.39, 0.29) is 18.5 Å². The van der Waals surface area contributed by atoms with E-state index in [2.05, 4.69) is 4.98 Å². The Balaban J connectivity index is 1.62. The molecule has 1 aliphatic rings. The van der Waals surface area contributed by atoms with Gasteiger partial charge in [0.25, 0.3) is 0 Å². The van der Waals surface area contributed by atoms with Gasteiger partial charge < -0.3 is 9.47 Å². The molecule has 0 aliphatic heterocycles. The number of ether oxygens (including phenoxy) is 2. The number of rotatable bonds is 5. The summed E-state index contributed by atoms with van der Waals surface area (Å²) in [6, 6.07) is 11.3. The zero-order valence-corrected chi connectivity index (χ0v) is 13.1. The standard InChI is InChI=1S/C19H21NO3/c21-19(15-7-2-1-3-8-15)22-14-16-9-4-5-11-18(16)23-17-10-6-12-20-13-17/h4-6,9-13,15H,1-3,7-8,14H2. The number of aromatic nitrogens is 1. The van der Waals surface area contributed by atoms with Gasteiger partial charge in [0.2, 0.25) is 0 Å². The van der Waals surface area contributed by atoms with E-state index in [1.54, 1.807) is 12.4 Å². The average molecular weight is 311 g/mol. The highest BCUT2D eigenvalue weighted by atomic mass is 16.5. The van der Waals surface area contributed by atoms with Crippen LogP contribution in [-0.4, -0.2) is 11.0 Å². The quantitative estimate of drug-likeness (QED) is 0.763. The lowest BCUT2D eigenvalue weighted by Crippen LogP contribution is -2.20. The van der Waals surface area contributed by atoms with Gasteiger partial charge in [0.15, 0.2) is 0 Å². The van der Waals surface area contributed by atoms with Crippen molar-refractivity contribution in [1.82, 2.24) is 4.98 Å². The van der Waals surface area contributed by atoms with Gasteiger partial charge in [-0.1, -0.05) is 37.5 Å². The normalized spacial score (nSPS) is 15.1. The Kier molecular flexibility index (Phi) is 5.25. The summed E-state index contributed by atoms with van der Waals surface area (Å²) in [5, 5.41) is 0. The number of benzene rings is 1. The van der Waals surface area contributed by atoms with Gasteiger partial charge in [-0.15, -0.1) is 0 Å². The van der Waals surface area contributed by atoms with Crippen LogP contribution in [-0.2, 0) is 16.1 Å². The minimum atomic E-state index is -0.0825. The van der Waals surface area contributed by atoms with E-state index in [4.69, 9.17) is 9.47 Å². The Labute approximate surface area is 136 Å². The van der Waals surface area contributed by atoms with Crippen LogP contribution in [0.3, 0.4) is 0 Å². The maximum absolute atomic E-state index is 12.2. The van der Waals surface area contributed by atoms with Gasteiger partial charge in [-0.05, 0) is 31.0 Å². The Hall–Kier alpha value is -2.36. The van der Waals surface area contributed by atoms with Gasteiger partial charge in [-0.25, -0.2) is 0 Å². The molecule has 2 aromatic rings. The second-order valence-electron chi connectivity index (χ2n) is 5.84. The van der Waals surface area contributed by atoms with Crippen molar-refractivity contribution in [3.63, 3.8) is 0 Å². The maximum atomic E-state index is 12.2. The van der Waals surface area contributed by atoms with Crippen LogP contribution in [0.5, 0.6) is 11.5 Å². The number of nitrogens with zero attached hydrogens (tertiary/aromatic N) is 1.